The summed E-state index contributed by atoms with van der Waals surface area (Å²) in [6.45, 7) is -3.43. The van der Waals surface area contributed by atoms with Crippen LogP contribution in [0.2, 0.25) is 0 Å². The average Bonchev–Trinajstić information content (AvgIpc) is 3.20. The summed E-state index contributed by atoms with van der Waals surface area (Å²) in [5, 5.41) is 61.4. The molecular weight excluding hydrogens is 607 g/mol. The normalized spacial score (nSPS) is 15.6. The van der Waals surface area contributed by atoms with Crippen molar-refractivity contribution in [2.45, 2.75) is 12.1 Å². The van der Waals surface area contributed by atoms with E-state index >= 15 is 0 Å². The fourth-order valence-electron chi connectivity index (χ4n) is 5.48. The van der Waals surface area contributed by atoms with Crippen LogP contribution in [0, 0.1) is 0 Å². The number of anilines is 1. The zero-order valence-electron chi connectivity index (χ0n) is 23.6. The molecule has 0 amide bonds. The first-order valence-corrected chi connectivity index (χ1v) is 12.9. The summed E-state index contributed by atoms with van der Waals surface area (Å²) in [5.41, 5.74) is -1.54. The van der Waals surface area contributed by atoms with Crippen LogP contribution in [0.5, 0.6) is 23.0 Å². The fourth-order valence-corrected chi connectivity index (χ4v) is 5.48. The van der Waals surface area contributed by atoms with Gasteiger partial charge in [-0.1, -0.05) is 18.2 Å². The molecule has 15 nitrogen and oxygen atoms in total. The van der Waals surface area contributed by atoms with Gasteiger partial charge >= 0.3 is 59.4 Å². The first-order valence-electron chi connectivity index (χ1n) is 12.9. The Morgan fingerprint density at radius 2 is 1.33 bits per heavy atom. The molecule has 45 heavy (non-hydrogen) atoms. The number of aromatic hydroxyl groups is 1. The Hall–Kier alpha value is -4.83. The SMILES string of the molecule is O=C(O)CN(CC(=O)O)Cc1cc2c(cc1[O-])Oc1cc(O)c(N(CC(=O)O)CC(=O)O)cc1C21OC(=O)c2ccccc21.[Na+]. The van der Waals surface area contributed by atoms with E-state index in [1.807, 2.05) is 0 Å². The molecule has 3 aromatic rings. The number of benzene rings is 3. The van der Waals surface area contributed by atoms with Gasteiger partial charge in [0.15, 0.2) is 5.60 Å². The van der Waals surface area contributed by atoms with Gasteiger partial charge in [0.05, 0.1) is 24.3 Å². The van der Waals surface area contributed by atoms with Gasteiger partial charge in [-0.2, -0.15) is 0 Å². The van der Waals surface area contributed by atoms with Gasteiger partial charge in [0.2, 0.25) is 0 Å². The zero-order chi connectivity index (χ0) is 31.9. The number of hydrogen-bond acceptors (Lipinski definition) is 11. The van der Waals surface area contributed by atoms with Crippen LogP contribution < -0.4 is 44.3 Å². The molecule has 1 unspecified atom stereocenters. The fraction of sp³-hybridized carbons (Fsp3) is 0.207. The smallest absolute Gasteiger partial charge is 0.872 e. The maximum absolute atomic E-state index is 13.2. The summed E-state index contributed by atoms with van der Waals surface area (Å²) < 4.78 is 12.0. The third-order valence-corrected chi connectivity index (χ3v) is 7.09. The Labute approximate surface area is 275 Å². The van der Waals surface area contributed by atoms with Crippen LogP contribution in [0.15, 0.2) is 48.5 Å². The molecule has 0 radical (unpaired) electrons. The predicted octanol–water partition coefficient (Wildman–Crippen LogP) is -2.02. The van der Waals surface area contributed by atoms with Crippen LogP contribution in [0.1, 0.15) is 32.6 Å². The first-order chi connectivity index (χ1) is 20.8. The Morgan fingerprint density at radius 1 is 0.778 bits per heavy atom. The number of fused-ring (bicyclic) bond motifs is 6. The quantitative estimate of drug-likeness (QED) is 0.114. The van der Waals surface area contributed by atoms with E-state index in [9.17, 15) is 54.6 Å². The van der Waals surface area contributed by atoms with Gasteiger partial charge in [-0.25, -0.2) is 4.79 Å². The van der Waals surface area contributed by atoms with E-state index in [4.69, 9.17) is 9.47 Å². The minimum Gasteiger partial charge on any atom is -0.872 e. The molecule has 3 aromatic carbocycles. The molecule has 5 rings (SSSR count). The predicted molar refractivity (Wildman–Crippen MR) is 144 cm³/mol. The van der Waals surface area contributed by atoms with Crippen molar-refractivity contribution in [1.29, 1.82) is 0 Å². The summed E-state index contributed by atoms with van der Waals surface area (Å²) in [7, 11) is 0. The summed E-state index contributed by atoms with van der Waals surface area (Å²) >= 11 is 0. The maximum Gasteiger partial charge on any atom is 1.00 e. The Bertz CT molecular complexity index is 1710. The van der Waals surface area contributed by atoms with Crippen molar-refractivity contribution in [1.82, 2.24) is 4.90 Å². The molecule has 5 N–H and O–H groups in total. The number of carboxylic acid groups (broad SMARTS) is 4. The topological polar surface area (TPSA) is 234 Å². The third kappa shape index (κ3) is 6.23. The number of nitrogens with zero attached hydrogens (tertiary/aromatic N) is 2. The molecule has 0 fully saturated rings. The van der Waals surface area contributed by atoms with Gasteiger partial charge in [0.1, 0.15) is 30.3 Å². The Morgan fingerprint density at radius 3 is 1.93 bits per heavy atom. The van der Waals surface area contributed by atoms with Crippen molar-refractivity contribution in [3.05, 3.63) is 76.3 Å². The molecule has 0 bridgehead atoms. The molecule has 1 atom stereocenters. The van der Waals surface area contributed by atoms with Crippen LogP contribution in [-0.4, -0.2) is 86.5 Å². The number of esters is 1. The Balaban J connectivity index is 0.00000461. The molecular formula is C29H23N2NaO13. The van der Waals surface area contributed by atoms with E-state index in [-0.39, 0.29) is 74.6 Å². The molecule has 228 valence electrons. The van der Waals surface area contributed by atoms with E-state index in [0.29, 0.717) is 0 Å². The number of carbonyl (C=O) groups excluding carboxylic acids is 1. The van der Waals surface area contributed by atoms with Gasteiger partial charge in [0.25, 0.3) is 0 Å². The number of aliphatic carboxylic acids is 4. The van der Waals surface area contributed by atoms with Gasteiger partial charge in [-0.15, -0.1) is 5.75 Å². The van der Waals surface area contributed by atoms with Crippen molar-refractivity contribution in [2.75, 3.05) is 31.1 Å². The zero-order valence-corrected chi connectivity index (χ0v) is 25.6. The van der Waals surface area contributed by atoms with E-state index < -0.39 is 79.7 Å². The van der Waals surface area contributed by atoms with Crippen molar-refractivity contribution >= 4 is 35.5 Å². The summed E-state index contributed by atoms with van der Waals surface area (Å²) in [5.74, 6) is -7.58. The second-order valence-corrected chi connectivity index (χ2v) is 10.1. The molecule has 2 heterocycles. The van der Waals surface area contributed by atoms with E-state index in [2.05, 4.69) is 0 Å². The van der Waals surface area contributed by atoms with Crippen LogP contribution in [-0.2, 0) is 36.1 Å². The van der Waals surface area contributed by atoms with Crippen molar-refractivity contribution in [3.63, 3.8) is 0 Å². The summed E-state index contributed by atoms with van der Waals surface area (Å²) in [6, 6.07) is 11.0. The number of rotatable bonds is 11. The molecule has 0 saturated heterocycles. The number of phenols is 1. The van der Waals surface area contributed by atoms with E-state index in [0.717, 1.165) is 21.9 Å². The third-order valence-electron chi connectivity index (χ3n) is 7.09. The molecule has 0 saturated carbocycles. The van der Waals surface area contributed by atoms with Gasteiger partial charge < -0.3 is 45.0 Å². The summed E-state index contributed by atoms with van der Waals surface area (Å²) in [6.07, 6.45) is 0. The number of carboxylic acids is 4. The molecule has 0 aliphatic carbocycles. The summed E-state index contributed by atoms with van der Waals surface area (Å²) in [4.78, 5) is 61.0. The molecule has 0 aromatic heterocycles. The monoisotopic (exact) mass is 630 g/mol. The molecule has 2 aliphatic heterocycles. The average molecular weight is 630 g/mol. The van der Waals surface area contributed by atoms with E-state index in [1.54, 1.807) is 18.2 Å². The maximum atomic E-state index is 13.2. The number of hydrogen-bond donors (Lipinski definition) is 5. The van der Waals surface area contributed by atoms with Crippen LogP contribution in [0.25, 0.3) is 0 Å². The molecule has 1 spiro atoms. The van der Waals surface area contributed by atoms with Crippen LogP contribution in [0.4, 0.5) is 5.69 Å². The minimum absolute atomic E-state index is 0. The van der Waals surface area contributed by atoms with Gasteiger partial charge in [-0.3, -0.25) is 24.1 Å². The van der Waals surface area contributed by atoms with Crippen molar-refractivity contribution in [2.24, 2.45) is 0 Å². The van der Waals surface area contributed by atoms with E-state index in [1.165, 1.54) is 18.2 Å². The van der Waals surface area contributed by atoms with Crippen molar-refractivity contribution < 1.29 is 93.6 Å². The Kier molecular flexibility index (Phi) is 9.30. The van der Waals surface area contributed by atoms with Gasteiger partial charge in [0, 0.05) is 29.3 Å². The second kappa shape index (κ2) is 12.6. The first kappa shape index (κ1) is 33.1. The molecule has 16 heteroatoms. The largest absolute Gasteiger partial charge is 1.00 e. The minimum atomic E-state index is -1.86. The number of carbonyl (C=O) groups is 5. The van der Waals surface area contributed by atoms with Gasteiger partial charge in [-0.05, 0) is 29.8 Å². The molecule has 2 aliphatic rings. The standard InChI is InChI=1S/C29H24N2O13.Na/c32-20-7-22-17(5-14(20)9-30(10-24(34)35)11-25(36)37)29(16-4-2-1-3-15(16)28(42)44-29)18-6-19(21(33)8-23(18)43-22)31(12-26(38)39)13-27(40)41;/h1-8,32-33H,9-13H2,(H,34,35)(H,36,37)(H,38,39)(H,40,41);/q;+1/p-1. The van der Waals surface area contributed by atoms with Crippen molar-refractivity contribution in [3.8, 4) is 23.0 Å². The van der Waals surface area contributed by atoms with Crippen LogP contribution in [0.3, 0.4) is 0 Å². The van der Waals surface area contributed by atoms with Crippen LogP contribution >= 0.6 is 0 Å². The number of phenolic OH excluding ortho intramolecular Hbond substituents is 1. The number of ether oxygens (including phenoxy) is 2. The second-order valence-electron chi connectivity index (χ2n) is 10.1.